The molecule has 1 aliphatic carbocycles. The lowest BCUT2D eigenvalue weighted by atomic mass is 9.89. The third-order valence-electron chi connectivity index (χ3n) is 6.05. The molecule has 5 nitrogen and oxygen atoms in total. The van der Waals surface area contributed by atoms with Crippen molar-refractivity contribution in [3.8, 4) is 6.07 Å². The van der Waals surface area contributed by atoms with Gasteiger partial charge in [-0.2, -0.15) is 5.26 Å². The Labute approximate surface area is 174 Å². The van der Waals surface area contributed by atoms with Crippen molar-refractivity contribution >= 4 is 7.59 Å². The second-order valence-corrected chi connectivity index (χ2v) is 10.9. The Hall–Kier alpha value is -1.51. The molecule has 0 spiro atoms. The molecular formula is C22H32FN4OP. The minimum Gasteiger partial charge on any atom is -0.270 e. The van der Waals surface area contributed by atoms with Crippen LogP contribution in [0.5, 0.6) is 0 Å². The zero-order valence-electron chi connectivity index (χ0n) is 17.8. The van der Waals surface area contributed by atoms with E-state index < -0.39 is 13.6 Å². The first-order chi connectivity index (χ1) is 13.7. The fraction of sp³-hybridized carbons (Fsp3) is 0.591. The van der Waals surface area contributed by atoms with Crippen LogP contribution in [0.25, 0.3) is 0 Å². The van der Waals surface area contributed by atoms with Gasteiger partial charge < -0.3 is 0 Å². The van der Waals surface area contributed by atoms with Crippen molar-refractivity contribution in [1.29, 1.82) is 5.26 Å². The number of rotatable bonds is 6. The summed E-state index contributed by atoms with van der Waals surface area (Å²) in [7, 11) is -3.20. The summed E-state index contributed by atoms with van der Waals surface area (Å²) in [5.74, 6) is -0.346. The highest BCUT2D eigenvalue weighted by molar-refractivity contribution is 7.57. The van der Waals surface area contributed by atoms with Crippen LogP contribution in [0.3, 0.4) is 0 Å². The molecule has 2 aliphatic rings. The van der Waals surface area contributed by atoms with Gasteiger partial charge >= 0.3 is 0 Å². The lowest BCUT2D eigenvalue weighted by Gasteiger charge is -2.38. The minimum atomic E-state index is -3.20. The van der Waals surface area contributed by atoms with Crippen LogP contribution in [0.1, 0.15) is 65.0 Å². The van der Waals surface area contributed by atoms with Crippen LogP contribution in [-0.4, -0.2) is 33.5 Å². The van der Waals surface area contributed by atoms with Crippen LogP contribution < -0.4 is 5.09 Å². The van der Waals surface area contributed by atoms with Gasteiger partial charge in [-0.1, -0.05) is 31.6 Å². The molecule has 0 amide bonds. The van der Waals surface area contributed by atoms with Crippen LogP contribution in [0.4, 0.5) is 4.39 Å². The summed E-state index contributed by atoms with van der Waals surface area (Å²) >= 11 is 0. The first-order valence-electron chi connectivity index (χ1n) is 10.5. The zero-order chi connectivity index (χ0) is 21.3. The van der Waals surface area contributed by atoms with E-state index in [1.807, 2.05) is 0 Å². The van der Waals surface area contributed by atoms with E-state index in [-0.39, 0.29) is 35.6 Å². The first-order valence-corrected chi connectivity index (χ1v) is 12.1. The van der Waals surface area contributed by atoms with Gasteiger partial charge in [0.2, 0.25) is 0 Å². The summed E-state index contributed by atoms with van der Waals surface area (Å²) < 4.78 is 32.5. The summed E-state index contributed by atoms with van der Waals surface area (Å²) in [6, 6.07) is 8.10. The van der Waals surface area contributed by atoms with Crippen LogP contribution in [0, 0.1) is 17.1 Å². The third-order valence-corrected chi connectivity index (χ3v) is 9.41. The van der Waals surface area contributed by atoms with E-state index in [1.165, 1.54) is 12.1 Å². The normalized spacial score (nSPS) is 25.7. The van der Waals surface area contributed by atoms with Crippen LogP contribution in [0.15, 0.2) is 36.4 Å². The Balaban J connectivity index is 2.07. The van der Waals surface area contributed by atoms with Crippen molar-refractivity contribution in [2.24, 2.45) is 0 Å². The van der Waals surface area contributed by atoms with Gasteiger partial charge in [-0.3, -0.25) is 4.57 Å². The van der Waals surface area contributed by atoms with Gasteiger partial charge in [0, 0.05) is 29.7 Å². The summed E-state index contributed by atoms with van der Waals surface area (Å²) in [6.45, 7) is 12.2. The molecule has 1 saturated heterocycles. The molecule has 1 heterocycles. The molecule has 0 aromatic heterocycles. The number of nitrogens with one attached hydrogen (secondary N) is 1. The summed E-state index contributed by atoms with van der Waals surface area (Å²) in [6.07, 6.45) is 4.33. The molecule has 1 aromatic carbocycles. The molecule has 1 N–H and O–H groups in total. The Morgan fingerprint density at radius 2 is 1.62 bits per heavy atom. The maximum absolute atomic E-state index is 14.7. The SMILES string of the molecule is C=C(C#N)[C@@H](NP1(=O)N(C(C)C)[C@@H]2CCCC[C@H]2N1C(C)C)c1ccc(F)cc1. The number of benzene rings is 1. The molecule has 3 rings (SSSR count). The number of halogens is 1. The molecule has 0 bridgehead atoms. The average molecular weight is 418 g/mol. The van der Waals surface area contributed by atoms with Crippen LogP contribution in [-0.2, 0) is 4.57 Å². The number of hydrogen-bond acceptors (Lipinski definition) is 2. The van der Waals surface area contributed by atoms with Crippen molar-refractivity contribution in [2.45, 2.75) is 83.6 Å². The predicted octanol–water partition coefficient (Wildman–Crippen LogP) is 5.39. The number of fused-ring (bicyclic) bond motifs is 1. The number of nitrogens with zero attached hydrogens (tertiary/aromatic N) is 3. The van der Waals surface area contributed by atoms with Gasteiger partial charge in [-0.15, -0.1) is 0 Å². The molecule has 7 heteroatoms. The van der Waals surface area contributed by atoms with E-state index in [4.69, 9.17) is 0 Å². The topological polar surface area (TPSA) is 59.4 Å². The number of hydrogen-bond donors (Lipinski definition) is 1. The molecule has 1 aliphatic heterocycles. The van der Waals surface area contributed by atoms with Gasteiger partial charge in [0.1, 0.15) is 5.82 Å². The molecule has 2 fully saturated rings. The van der Waals surface area contributed by atoms with E-state index in [1.54, 1.807) is 12.1 Å². The Kier molecular flexibility index (Phi) is 6.65. The molecule has 29 heavy (non-hydrogen) atoms. The summed E-state index contributed by atoms with van der Waals surface area (Å²) in [4.78, 5) is 0. The summed E-state index contributed by atoms with van der Waals surface area (Å²) in [5.41, 5.74) is 0.963. The van der Waals surface area contributed by atoms with Crippen molar-refractivity contribution in [2.75, 3.05) is 0 Å². The fourth-order valence-corrected chi connectivity index (χ4v) is 8.74. The van der Waals surface area contributed by atoms with Crippen molar-refractivity contribution in [3.05, 3.63) is 47.8 Å². The molecular weight excluding hydrogens is 386 g/mol. The third kappa shape index (κ3) is 4.07. The monoisotopic (exact) mass is 418 g/mol. The highest BCUT2D eigenvalue weighted by Gasteiger charge is 2.57. The highest BCUT2D eigenvalue weighted by Crippen LogP contribution is 2.64. The number of nitriles is 1. The van der Waals surface area contributed by atoms with Gasteiger partial charge in [0.25, 0.3) is 7.59 Å². The zero-order valence-corrected chi connectivity index (χ0v) is 18.7. The van der Waals surface area contributed by atoms with Crippen molar-refractivity contribution in [1.82, 2.24) is 14.4 Å². The Bertz CT molecular complexity index is 804. The van der Waals surface area contributed by atoms with Gasteiger partial charge in [0.15, 0.2) is 0 Å². The van der Waals surface area contributed by atoms with Gasteiger partial charge in [-0.25, -0.2) is 18.8 Å². The second-order valence-electron chi connectivity index (χ2n) is 8.66. The smallest absolute Gasteiger partial charge is 0.270 e. The van der Waals surface area contributed by atoms with Crippen LogP contribution in [0.2, 0.25) is 0 Å². The van der Waals surface area contributed by atoms with E-state index in [9.17, 15) is 14.2 Å². The molecule has 1 aromatic rings. The fourth-order valence-electron chi connectivity index (χ4n) is 5.00. The maximum atomic E-state index is 14.7. The molecule has 0 unspecified atom stereocenters. The predicted molar refractivity (Wildman–Crippen MR) is 115 cm³/mol. The molecule has 158 valence electrons. The first kappa shape index (κ1) is 22.2. The maximum Gasteiger partial charge on any atom is 0.286 e. The van der Waals surface area contributed by atoms with E-state index >= 15 is 0 Å². The second kappa shape index (κ2) is 8.70. The molecule has 3 atom stereocenters. The van der Waals surface area contributed by atoms with Gasteiger partial charge in [0.05, 0.1) is 12.1 Å². The standard InChI is InChI=1S/C22H32FN4OP/c1-15(2)26-20-8-6-7-9-21(20)27(16(3)4)29(26,28)25-22(17(5)14-24)18-10-12-19(23)13-11-18/h10-13,15-16,20-22H,5-9H2,1-4H3,(H,25,28)/t20-,21-,22-/m1/s1. The Morgan fingerprint density at radius 1 is 1.14 bits per heavy atom. The molecule has 0 radical (unpaired) electrons. The van der Waals surface area contributed by atoms with Crippen molar-refractivity contribution < 1.29 is 8.96 Å². The van der Waals surface area contributed by atoms with Crippen molar-refractivity contribution in [3.63, 3.8) is 0 Å². The lowest BCUT2D eigenvalue weighted by Crippen LogP contribution is -2.43. The van der Waals surface area contributed by atoms with E-state index in [0.29, 0.717) is 5.56 Å². The molecule has 1 saturated carbocycles. The Morgan fingerprint density at radius 3 is 2.03 bits per heavy atom. The summed E-state index contributed by atoms with van der Waals surface area (Å²) in [5, 5.41) is 12.9. The minimum absolute atomic E-state index is 0.0897. The van der Waals surface area contributed by atoms with E-state index in [0.717, 1.165) is 25.7 Å². The lowest BCUT2D eigenvalue weighted by molar-refractivity contribution is 0.173. The quantitative estimate of drug-likeness (QED) is 0.496. The van der Waals surface area contributed by atoms with E-state index in [2.05, 4.69) is 54.8 Å². The largest absolute Gasteiger partial charge is 0.286 e. The van der Waals surface area contributed by atoms with Crippen LogP contribution >= 0.6 is 7.59 Å². The average Bonchev–Trinajstić information content (AvgIpc) is 2.94. The van der Waals surface area contributed by atoms with Gasteiger partial charge in [-0.05, 0) is 58.2 Å². The highest BCUT2D eigenvalue weighted by atomic mass is 31.2.